The van der Waals surface area contributed by atoms with Crippen LogP contribution < -0.4 is 5.14 Å². The third-order valence-corrected chi connectivity index (χ3v) is 4.72. The smallest absolute Gasteiger partial charge is 0.146 e. The molecule has 0 radical (unpaired) electrons. The molecule has 3 nitrogen and oxygen atoms in total. The lowest BCUT2D eigenvalue weighted by Crippen LogP contribution is -2.43. The van der Waals surface area contributed by atoms with Gasteiger partial charge in [-0.2, -0.15) is 10.4 Å². The number of nitrogens with two attached hydrogens (primary N) is 1. The molecule has 0 spiro atoms. The van der Waals surface area contributed by atoms with E-state index in [9.17, 15) is 4.55 Å². The molecule has 98 valence electrons. The van der Waals surface area contributed by atoms with Gasteiger partial charge in [0.2, 0.25) is 0 Å². The highest BCUT2D eigenvalue weighted by Crippen LogP contribution is 2.36. The van der Waals surface area contributed by atoms with Gasteiger partial charge >= 0.3 is 0 Å². The molecular weight excluding hydrogens is 244 g/mol. The fourth-order valence-electron chi connectivity index (χ4n) is 2.35. The first-order valence-corrected chi connectivity index (χ1v) is 7.22. The molecule has 0 aliphatic carbocycles. The van der Waals surface area contributed by atoms with Crippen LogP contribution in [0.25, 0.3) is 0 Å². The fraction of sp³-hybridized carbons (Fsp3) is 0.500. The molecule has 1 aromatic carbocycles. The number of nitriles is 1. The zero-order valence-corrected chi connectivity index (χ0v) is 12.2. The summed E-state index contributed by atoms with van der Waals surface area (Å²) < 4.78 is 11.2. The van der Waals surface area contributed by atoms with Crippen molar-refractivity contribution in [3.63, 3.8) is 0 Å². The van der Waals surface area contributed by atoms with Gasteiger partial charge in [-0.25, -0.2) is 0 Å². The highest BCUT2D eigenvalue weighted by Gasteiger charge is 2.39. The first-order chi connectivity index (χ1) is 8.32. The van der Waals surface area contributed by atoms with Crippen LogP contribution in [0.5, 0.6) is 0 Å². The van der Waals surface area contributed by atoms with Gasteiger partial charge in [-0.15, -0.1) is 0 Å². The van der Waals surface area contributed by atoms with Gasteiger partial charge in [-0.05, 0) is 50.5 Å². The standard InChI is InChI=1S/C14H20N2OS/c1-5-13(14(3,4)18(16)17)12-7-10(2)6-11(8-12)9-15/h6-8,13H,5,16H2,1-4H3. The van der Waals surface area contributed by atoms with Crippen LogP contribution in [0.2, 0.25) is 0 Å². The van der Waals surface area contributed by atoms with Crippen LogP contribution in [-0.4, -0.2) is 9.30 Å². The molecule has 0 amide bonds. The summed E-state index contributed by atoms with van der Waals surface area (Å²) in [6.45, 7) is 7.83. The Kier molecular flexibility index (Phi) is 4.80. The van der Waals surface area contributed by atoms with Crippen LogP contribution in [0.3, 0.4) is 0 Å². The van der Waals surface area contributed by atoms with Crippen LogP contribution in [-0.2, 0) is 11.4 Å². The molecule has 2 N–H and O–H groups in total. The van der Waals surface area contributed by atoms with Gasteiger partial charge in [-0.3, -0.25) is 0 Å². The van der Waals surface area contributed by atoms with E-state index >= 15 is 0 Å². The Morgan fingerprint density at radius 3 is 2.50 bits per heavy atom. The second-order valence-electron chi connectivity index (χ2n) is 5.11. The molecule has 0 saturated carbocycles. The third-order valence-electron chi connectivity index (χ3n) is 3.40. The number of aryl methyl sites for hydroxylation is 1. The van der Waals surface area contributed by atoms with Crippen LogP contribution >= 0.6 is 0 Å². The first-order valence-electron chi connectivity index (χ1n) is 6.00. The SMILES string of the molecule is CCC(c1cc(C)cc(C#N)c1)C(C)(C)[S+](N)[O-]. The second kappa shape index (κ2) is 5.75. The minimum Gasteiger partial charge on any atom is -0.598 e. The van der Waals surface area contributed by atoms with Crippen molar-refractivity contribution in [2.45, 2.75) is 44.8 Å². The van der Waals surface area contributed by atoms with Crippen molar-refractivity contribution in [3.8, 4) is 6.07 Å². The molecule has 0 aliphatic rings. The summed E-state index contributed by atoms with van der Waals surface area (Å²) in [5, 5.41) is 14.6. The Labute approximate surface area is 112 Å². The topological polar surface area (TPSA) is 72.9 Å². The van der Waals surface area contributed by atoms with Gasteiger partial charge in [0.15, 0.2) is 0 Å². The monoisotopic (exact) mass is 264 g/mol. The lowest BCUT2D eigenvalue weighted by molar-refractivity contribution is 0.474. The predicted octanol–water partition coefficient (Wildman–Crippen LogP) is 2.76. The maximum atomic E-state index is 11.7. The van der Waals surface area contributed by atoms with E-state index in [1.165, 1.54) is 0 Å². The van der Waals surface area contributed by atoms with Crippen molar-refractivity contribution in [1.29, 1.82) is 5.26 Å². The highest BCUT2D eigenvalue weighted by atomic mass is 32.2. The Bertz CT molecular complexity index is 463. The van der Waals surface area contributed by atoms with Crippen LogP contribution in [0, 0.1) is 18.3 Å². The van der Waals surface area contributed by atoms with Crippen molar-refractivity contribution in [2.24, 2.45) is 5.14 Å². The van der Waals surface area contributed by atoms with Gasteiger partial charge in [-0.1, -0.05) is 13.0 Å². The molecular formula is C14H20N2OS. The average molecular weight is 264 g/mol. The molecule has 18 heavy (non-hydrogen) atoms. The van der Waals surface area contributed by atoms with E-state index in [1.54, 1.807) is 0 Å². The van der Waals surface area contributed by atoms with Crippen LogP contribution in [0.1, 0.15) is 49.8 Å². The lowest BCUT2D eigenvalue weighted by Gasteiger charge is -2.33. The molecule has 0 aromatic heterocycles. The first kappa shape index (κ1) is 15.0. The van der Waals surface area contributed by atoms with E-state index in [2.05, 4.69) is 6.07 Å². The van der Waals surface area contributed by atoms with Crippen molar-refractivity contribution < 1.29 is 4.55 Å². The lowest BCUT2D eigenvalue weighted by atomic mass is 9.84. The minimum absolute atomic E-state index is 0.0790. The Morgan fingerprint density at radius 2 is 2.06 bits per heavy atom. The second-order valence-corrected chi connectivity index (χ2v) is 6.75. The number of benzene rings is 1. The zero-order chi connectivity index (χ0) is 13.9. The highest BCUT2D eigenvalue weighted by molar-refractivity contribution is 7.90. The molecule has 4 heteroatoms. The Balaban J connectivity index is 3.26. The number of nitrogens with zero attached hydrogens (tertiary/aromatic N) is 1. The largest absolute Gasteiger partial charge is 0.598 e. The summed E-state index contributed by atoms with van der Waals surface area (Å²) in [7, 11) is 0. The van der Waals surface area contributed by atoms with E-state index in [0.717, 1.165) is 17.5 Å². The normalized spacial score (nSPS) is 14.9. The Morgan fingerprint density at radius 1 is 1.44 bits per heavy atom. The number of rotatable bonds is 4. The van der Waals surface area contributed by atoms with E-state index in [4.69, 9.17) is 10.4 Å². The molecule has 1 rings (SSSR count). The molecule has 0 fully saturated rings. The molecule has 0 saturated heterocycles. The zero-order valence-electron chi connectivity index (χ0n) is 11.4. The molecule has 2 atom stereocenters. The molecule has 2 unspecified atom stereocenters. The summed E-state index contributed by atoms with van der Waals surface area (Å²) in [5.41, 5.74) is 2.72. The number of hydrogen-bond acceptors (Lipinski definition) is 3. The molecule has 1 aromatic rings. The van der Waals surface area contributed by atoms with Crippen molar-refractivity contribution in [3.05, 3.63) is 34.9 Å². The summed E-state index contributed by atoms with van der Waals surface area (Å²) >= 11 is -1.40. The van der Waals surface area contributed by atoms with E-state index in [0.29, 0.717) is 5.56 Å². The van der Waals surface area contributed by atoms with Gasteiger partial charge in [0, 0.05) is 17.3 Å². The maximum Gasteiger partial charge on any atom is 0.146 e. The third kappa shape index (κ3) is 3.05. The molecule has 0 bridgehead atoms. The summed E-state index contributed by atoms with van der Waals surface area (Å²) in [6, 6.07) is 7.93. The van der Waals surface area contributed by atoms with E-state index < -0.39 is 16.1 Å². The van der Waals surface area contributed by atoms with Gasteiger partial charge in [0.25, 0.3) is 0 Å². The van der Waals surface area contributed by atoms with Crippen molar-refractivity contribution in [1.82, 2.24) is 0 Å². The van der Waals surface area contributed by atoms with Gasteiger partial charge in [0.1, 0.15) is 4.75 Å². The predicted molar refractivity (Wildman–Crippen MR) is 75.3 cm³/mol. The summed E-state index contributed by atoms with van der Waals surface area (Å²) in [6.07, 6.45) is 0.838. The molecule has 0 aliphatic heterocycles. The van der Waals surface area contributed by atoms with Crippen LogP contribution in [0.15, 0.2) is 18.2 Å². The Hall–Kier alpha value is -1.02. The maximum absolute atomic E-state index is 11.7. The van der Waals surface area contributed by atoms with Gasteiger partial charge < -0.3 is 4.55 Å². The number of hydrogen-bond donors (Lipinski definition) is 1. The van der Waals surface area contributed by atoms with E-state index in [-0.39, 0.29) is 5.92 Å². The molecule has 0 heterocycles. The van der Waals surface area contributed by atoms with Crippen molar-refractivity contribution in [2.75, 3.05) is 0 Å². The minimum atomic E-state index is -1.40. The van der Waals surface area contributed by atoms with Gasteiger partial charge in [0.05, 0.1) is 11.6 Å². The van der Waals surface area contributed by atoms with Crippen LogP contribution in [0.4, 0.5) is 0 Å². The fourth-order valence-corrected chi connectivity index (χ4v) is 2.93. The quantitative estimate of drug-likeness (QED) is 0.850. The van der Waals surface area contributed by atoms with E-state index in [1.807, 2.05) is 45.9 Å². The summed E-state index contributed by atoms with van der Waals surface area (Å²) in [5.74, 6) is 0.0790. The average Bonchev–Trinajstić information content (AvgIpc) is 2.28. The van der Waals surface area contributed by atoms with Crippen molar-refractivity contribution >= 4 is 11.4 Å². The summed E-state index contributed by atoms with van der Waals surface area (Å²) in [4.78, 5) is 0.